The number of rotatable bonds is 5. The van der Waals surface area contributed by atoms with Crippen LogP contribution in [0.5, 0.6) is 0 Å². The van der Waals surface area contributed by atoms with Crippen molar-refractivity contribution < 1.29 is 14.3 Å². The van der Waals surface area contributed by atoms with Crippen LogP contribution in [-0.2, 0) is 11.3 Å². The van der Waals surface area contributed by atoms with Crippen molar-refractivity contribution in [1.82, 2.24) is 20.0 Å². The highest BCUT2D eigenvalue weighted by atomic mass is 32.2. The number of nitrogens with zero attached hydrogens (tertiary/aromatic N) is 4. The second kappa shape index (κ2) is 5.21. The van der Waals surface area contributed by atoms with Crippen LogP contribution in [0.15, 0.2) is 15.7 Å². The quantitative estimate of drug-likeness (QED) is 0.820. The number of hydrogen-bond donors (Lipinski definition) is 1. The lowest BCUT2D eigenvalue weighted by Gasteiger charge is -1.95. The largest absolute Gasteiger partial charge is 0.481 e. The van der Waals surface area contributed by atoms with Gasteiger partial charge in [-0.2, -0.15) is 5.10 Å². The molecule has 0 aliphatic carbocycles. The molecule has 2 rings (SSSR count). The summed E-state index contributed by atoms with van der Waals surface area (Å²) < 4.78 is 7.16. The van der Waals surface area contributed by atoms with Crippen LogP contribution in [0.1, 0.15) is 12.6 Å². The number of thioether (sulfide) groups is 1. The minimum absolute atomic E-state index is 0.107. The third-order valence-corrected chi connectivity index (χ3v) is 3.03. The van der Waals surface area contributed by atoms with Crippen LogP contribution in [0.25, 0.3) is 11.6 Å². The Kier molecular flexibility index (Phi) is 3.66. The van der Waals surface area contributed by atoms with Gasteiger partial charge in [-0.15, -0.1) is 10.2 Å². The molecular formula is C10H12N4O3S. The van der Waals surface area contributed by atoms with Crippen molar-refractivity contribution in [3.05, 3.63) is 11.8 Å². The van der Waals surface area contributed by atoms with Crippen LogP contribution in [-0.4, -0.2) is 36.8 Å². The van der Waals surface area contributed by atoms with E-state index in [0.29, 0.717) is 11.6 Å². The highest BCUT2D eigenvalue weighted by molar-refractivity contribution is 7.99. The maximum atomic E-state index is 10.4. The van der Waals surface area contributed by atoms with Crippen LogP contribution in [0.4, 0.5) is 0 Å². The molecule has 0 aliphatic rings. The van der Waals surface area contributed by atoms with Crippen LogP contribution in [0, 0.1) is 6.92 Å². The van der Waals surface area contributed by atoms with Gasteiger partial charge in [-0.25, -0.2) is 0 Å². The zero-order valence-corrected chi connectivity index (χ0v) is 10.8. The molecule has 96 valence electrons. The molecular weight excluding hydrogens is 256 g/mol. The molecule has 0 aliphatic heterocycles. The van der Waals surface area contributed by atoms with E-state index in [-0.39, 0.29) is 11.0 Å². The lowest BCUT2D eigenvalue weighted by atomic mass is 10.4. The monoisotopic (exact) mass is 268 g/mol. The van der Waals surface area contributed by atoms with Gasteiger partial charge in [-0.05, 0) is 19.9 Å². The standard InChI is InChI=1S/C10H12N4O3S/c1-3-14-6(2)4-7(13-14)9-11-12-10(17-9)18-5-8(15)16/h4H,3,5H2,1-2H3,(H,15,16). The van der Waals surface area contributed by atoms with Gasteiger partial charge in [0.2, 0.25) is 0 Å². The van der Waals surface area contributed by atoms with Gasteiger partial charge in [0.15, 0.2) is 0 Å². The number of aliphatic carboxylic acids is 1. The first-order valence-electron chi connectivity index (χ1n) is 5.33. The number of aryl methyl sites for hydroxylation is 2. The fourth-order valence-corrected chi connectivity index (χ4v) is 1.91. The van der Waals surface area contributed by atoms with Crippen LogP contribution in [0.2, 0.25) is 0 Å². The summed E-state index contributed by atoms with van der Waals surface area (Å²) in [7, 11) is 0. The average Bonchev–Trinajstić information content (AvgIpc) is 2.92. The van der Waals surface area contributed by atoms with Crippen LogP contribution >= 0.6 is 11.8 Å². The van der Waals surface area contributed by atoms with Crippen molar-refractivity contribution in [2.75, 3.05) is 5.75 Å². The molecule has 18 heavy (non-hydrogen) atoms. The lowest BCUT2D eigenvalue weighted by molar-refractivity contribution is -0.133. The summed E-state index contributed by atoms with van der Waals surface area (Å²) in [5.41, 5.74) is 1.61. The third kappa shape index (κ3) is 2.70. The van der Waals surface area contributed by atoms with Crippen molar-refractivity contribution in [1.29, 1.82) is 0 Å². The molecule has 0 amide bonds. The minimum atomic E-state index is -0.925. The van der Waals surface area contributed by atoms with Gasteiger partial charge in [0.1, 0.15) is 11.4 Å². The zero-order valence-electron chi connectivity index (χ0n) is 9.95. The molecule has 0 aromatic carbocycles. The Morgan fingerprint density at radius 3 is 2.94 bits per heavy atom. The summed E-state index contributed by atoms with van der Waals surface area (Å²) in [4.78, 5) is 10.4. The number of hydrogen-bond acceptors (Lipinski definition) is 6. The van der Waals surface area contributed by atoms with Gasteiger partial charge in [-0.3, -0.25) is 9.48 Å². The highest BCUT2D eigenvalue weighted by Crippen LogP contribution is 2.22. The van der Waals surface area contributed by atoms with Crippen molar-refractivity contribution >= 4 is 17.7 Å². The Labute approximate surface area is 107 Å². The molecule has 0 fully saturated rings. The number of carbonyl (C=O) groups is 1. The summed E-state index contributed by atoms with van der Waals surface area (Å²) >= 11 is 0.986. The van der Waals surface area contributed by atoms with Crippen molar-refractivity contribution in [3.8, 4) is 11.6 Å². The molecule has 0 spiro atoms. The Morgan fingerprint density at radius 2 is 2.33 bits per heavy atom. The Hall–Kier alpha value is -1.83. The van der Waals surface area contributed by atoms with Gasteiger partial charge in [-0.1, -0.05) is 11.8 Å². The van der Waals surface area contributed by atoms with Crippen molar-refractivity contribution in [3.63, 3.8) is 0 Å². The van der Waals surface area contributed by atoms with Crippen molar-refractivity contribution in [2.45, 2.75) is 25.6 Å². The van der Waals surface area contributed by atoms with E-state index in [1.54, 1.807) is 0 Å². The smallest absolute Gasteiger partial charge is 0.314 e. The molecule has 0 saturated carbocycles. The summed E-state index contributed by atoms with van der Waals surface area (Å²) in [6.45, 7) is 4.70. The summed E-state index contributed by atoms with van der Waals surface area (Å²) in [6.07, 6.45) is 0. The average molecular weight is 268 g/mol. The lowest BCUT2D eigenvalue weighted by Crippen LogP contribution is -1.98. The van der Waals surface area contributed by atoms with E-state index in [0.717, 1.165) is 24.0 Å². The molecule has 1 N–H and O–H groups in total. The second-order valence-electron chi connectivity index (χ2n) is 3.54. The van der Waals surface area contributed by atoms with E-state index in [1.165, 1.54) is 0 Å². The van der Waals surface area contributed by atoms with Crippen LogP contribution in [0.3, 0.4) is 0 Å². The molecule has 2 aromatic heterocycles. The molecule has 8 heteroatoms. The van der Waals surface area contributed by atoms with E-state index in [9.17, 15) is 4.79 Å². The zero-order chi connectivity index (χ0) is 13.1. The molecule has 2 aromatic rings. The van der Waals surface area contributed by atoms with E-state index in [4.69, 9.17) is 9.52 Å². The molecule has 0 saturated heterocycles. The highest BCUT2D eigenvalue weighted by Gasteiger charge is 2.14. The summed E-state index contributed by atoms with van der Waals surface area (Å²) in [5.74, 6) is -0.728. The second-order valence-corrected chi connectivity index (χ2v) is 4.47. The first-order chi connectivity index (χ1) is 8.60. The van der Waals surface area contributed by atoms with Gasteiger partial charge < -0.3 is 9.52 Å². The summed E-state index contributed by atoms with van der Waals surface area (Å²) in [6, 6.07) is 1.85. The number of carboxylic acids is 1. The SMILES string of the molecule is CCn1nc(-c2nnc(SCC(=O)O)o2)cc1C. The van der Waals surface area contributed by atoms with E-state index in [2.05, 4.69) is 15.3 Å². The topological polar surface area (TPSA) is 94.0 Å². The van der Waals surface area contributed by atoms with Crippen LogP contribution < -0.4 is 0 Å². The molecule has 0 radical (unpaired) electrons. The van der Waals surface area contributed by atoms with Crippen molar-refractivity contribution in [2.24, 2.45) is 0 Å². The van der Waals surface area contributed by atoms with Gasteiger partial charge in [0, 0.05) is 12.2 Å². The first-order valence-corrected chi connectivity index (χ1v) is 6.31. The maximum Gasteiger partial charge on any atom is 0.314 e. The third-order valence-electron chi connectivity index (χ3n) is 2.23. The minimum Gasteiger partial charge on any atom is -0.481 e. The van der Waals surface area contributed by atoms with E-state index >= 15 is 0 Å². The fraction of sp³-hybridized carbons (Fsp3) is 0.400. The Bertz CT molecular complexity index is 563. The van der Waals surface area contributed by atoms with E-state index in [1.807, 2.05) is 24.6 Å². The molecule has 0 atom stereocenters. The predicted molar refractivity (Wildman–Crippen MR) is 64.3 cm³/mol. The Morgan fingerprint density at radius 1 is 1.56 bits per heavy atom. The van der Waals surface area contributed by atoms with E-state index < -0.39 is 5.97 Å². The number of aromatic nitrogens is 4. The van der Waals surface area contributed by atoms with Gasteiger partial charge >= 0.3 is 5.97 Å². The summed E-state index contributed by atoms with van der Waals surface area (Å²) in [5, 5.41) is 20.7. The molecule has 2 heterocycles. The molecule has 0 unspecified atom stereocenters. The fourth-order valence-electron chi connectivity index (χ4n) is 1.43. The Balaban J connectivity index is 2.15. The maximum absolute atomic E-state index is 10.4. The van der Waals surface area contributed by atoms with Gasteiger partial charge in [0.25, 0.3) is 11.1 Å². The molecule has 7 nitrogen and oxygen atoms in total. The predicted octanol–water partition coefficient (Wildman–Crippen LogP) is 1.44. The van der Waals surface area contributed by atoms with Gasteiger partial charge in [0.05, 0.1) is 0 Å². The molecule has 0 bridgehead atoms. The number of carboxylic acid groups (broad SMARTS) is 1. The first kappa shape index (κ1) is 12.6. The normalized spacial score (nSPS) is 10.8.